The SMILES string of the molecule is CCCSCCCNC(=O)CNC(=O)C1(C)CN(S(C)(=O)=O)CC(=O)N1C. The summed E-state index contributed by atoms with van der Waals surface area (Å²) in [4.78, 5) is 37.8. The minimum absolute atomic E-state index is 0.157. The van der Waals surface area contributed by atoms with Crippen molar-refractivity contribution in [3.63, 3.8) is 0 Å². The second-order valence-electron chi connectivity index (χ2n) is 6.76. The van der Waals surface area contributed by atoms with E-state index in [2.05, 4.69) is 17.6 Å². The number of likely N-dealkylation sites (N-methyl/N-ethyl adjacent to an activating group) is 1. The number of hydrogen-bond donors (Lipinski definition) is 2. The zero-order valence-electron chi connectivity index (χ0n) is 16.4. The fourth-order valence-electron chi connectivity index (χ4n) is 2.56. The van der Waals surface area contributed by atoms with E-state index in [0.29, 0.717) is 6.54 Å². The lowest BCUT2D eigenvalue weighted by molar-refractivity contribution is -0.150. The molecule has 0 saturated carbocycles. The average Bonchev–Trinajstić information content (AvgIpc) is 2.59. The van der Waals surface area contributed by atoms with E-state index in [0.717, 1.165) is 34.9 Å². The van der Waals surface area contributed by atoms with Crippen molar-refractivity contribution in [3.05, 3.63) is 0 Å². The van der Waals surface area contributed by atoms with Crippen molar-refractivity contribution in [3.8, 4) is 0 Å². The maximum Gasteiger partial charge on any atom is 0.247 e. The first-order chi connectivity index (χ1) is 12.5. The molecule has 1 saturated heterocycles. The Hall–Kier alpha value is -1.33. The molecule has 1 heterocycles. The van der Waals surface area contributed by atoms with E-state index < -0.39 is 27.4 Å². The smallest absolute Gasteiger partial charge is 0.247 e. The number of amides is 3. The number of piperazine rings is 1. The van der Waals surface area contributed by atoms with Gasteiger partial charge >= 0.3 is 0 Å². The largest absolute Gasteiger partial charge is 0.355 e. The van der Waals surface area contributed by atoms with Crippen molar-refractivity contribution in [2.45, 2.75) is 32.2 Å². The van der Waals surface area contributed by atoms with E-state index in [9.17, 15) is 22.8 Å². The fraction of sp³-hybridized carbons (Fsp3) is 0.812. The first kappa shape index (κ1) is 23.7. The molecule has 0 aliphatic carbocycles. The molecular weight excluding hydrogens is 392 g/mol. The molecule has 1 aliphatic heterocycles. The Morgan fingerprint density at radius 2 is 1.93 bits per heavy atom. The third-order valence-corrected chi connectivity index (χ3v) is 6.88. The summed E-state index contributed by atoms with van der Waals surface area (Å²) in [6.07, 6.45) is 2.97. The van der Waals surface area contributed by atoms with E-state index in [1.54, 1.807) is 0 Å². The molecule has 3 amide bonds. The zero-order valence-corrected chi connectivity index (χ0v) is 18.0. The second-order valence-corrected chi connectivity index (χ2v) is 9.96. The van der Waals surface area contributed by atoms with Gasteiger partial charge in [-0.15, -0.1) is 0 Å². The number of thioether (sulfide) groups is 1. The summed E-state index contributed by atoms with van der Waals surface area (Å²) in [5, 5.41) is 5.23. The lowest BCUT2D eigenvalue weighted by Gasteiger charge is -2.44. The van der Waals surface area contributed by atoms with Crippen molar-refractivity contribution in [1.82, 2.24) is 19.8 Å². The minimum Gasteiger partial charge on any atom is -0.355 e. The van der Waals surface area contributed by atoms with Gasteiger partial charge in [0.1, 0.15) is 5.54 Å². The van der Waals surface area contributed by atoms with Gasteiger partial charge in [-0.25, -0.2) is 8.42 Å². The predicted molar refractivity (Wildman–Crippen MR) is 106 cm³/mol. The first-order valence-electron chi connectivity index (χ1n) is 8.87. The van der Waals surface area contributed by atoms with Gasteiger partial charge in [0, 0.05) is 20.1 Å². The molecule has 27 heavy (non-hydrogen) atoms. The Kier molecular flexibility index (Phi) is 9.03. The molecule has 0 aromatic carbocycles. The van der Waals surface area contributed by atoms with E-state index in [1.807, 2.05) is 11.8 Å². The van der Waals surface area contributed by atoms with Crippen molar-refractivity contribution in [2.24, 2.45) is 0 Å². The van der Waals surface area contributed by atoms with Gasteiger partial charge in [0.05, 0.1) is 19.3 Å². The van der Waals surface area contributed by atoms with Crippen LogP contribution in [0.3, 0.4) is 0 Å². The van der Waals surface area contributed by atoms with Crippen LogP contribution in [0, 0.1) is 0 Å². The topological polar surface area (TPSA) is 116 Å². The molecule has 2 N–H and O–H groups in total. The molecule has 0 bridgehead atoms. The van der Waals surface area contributed by atoms with Gasteiger partial charge in [-0.05, 0) is 31.3 Å². The first-order valence-corrected chi connectivity index (χ1v) is 11.9. The van der Waals surface area contributed by atoms with Crippen LogP contribution in [0.5, 0.6) is 0 Å². The highest BCUT2D eigenvalue weighted by Gasteiger charge is 2.47. The second kappa shape index (κ2) is 10.3. The van der Waals surface area contributed by atoms with Gasteiger partial charge in [0.25, 0.3) is 0 Å². The highest BCUT2D eigenvalue weighted by atomic mass is 32.2. The maximum atomic E-state index is 12.6. The number of rotatable bonds is 10. The normalized spacial score (nSPS) is 21.2. The van der Waals surface area contributed by atoms with Crippen molar-refractivity contribution >= 4 is 39.5 Å². The van der Waals surface area contributed by atoms with Crippen molar-refractivity contribution < 1.29 is 22.8 Å². The summed E-state index contributed by atoms with van der Waals surface area (Å²) in [6.45, 7) is 3.45. The molecule has 1 rings (SSSR count). The molecule has 0 spiro atoms. The molecule has 1 fully saturated rings. The number of nitrogens with zero attached hydrogens (tertiary/aromatic N) is 2. The number of hydrogen-bond acceptors (Lipinski definition) is 6. The Morgan fingerprint density at radius 3 is 2.52 bits per heavy atom. The highest BCUT2D eigenvalue weighted by molar-refractivity contribution is 7.99. The lowest BCUT2D eigenvalue weighted by atomic mass is 9.96. The summed E-state index contributed by atoms with van der Waals surface area (Å²) in [6, 6.07) is 0. The Labute approximate surface area is 165 Å². The molecule has 0 aromatic rings. The molecule has 0 radical (unpaired) electrons. The average molecular weight is 423 g/mol. The molecule has 11 heteroatoms. The van der Waals surface area contributed by atoms with Crippen molar-refractivity contribution in [2.75, 3.05) is 51.0 Å². The van der Waals surface area contributed by atoms with Crippen LogP contribution in [0.15, 0.2) is 0 Å². The van der Waals surface area contributed by atoms with Crippen LogP contribution in [-0.2, 0) is 24.4 Å². The molecule has 156 valence electrons. The van der Waals surface area contributed by atoms with Crippen LogP contribution < -0.4 is 10.6 Å². The van der Waals surface area contributed by atoms with Crippen LogP contribution >= 0.6 is 11.8 Å². The summed E-state index contributed by atoms with van der Waals surface area (Å²) >= 11 is 1.83. The zero-order chi connectivity index (χ0) is 20.7. The van der Waals surface area contributed by atoms with Crippen LogP contribution in [-0.4, -0.2) is 91.9 Å². The fourth-order valence-corrected chi connectivity index (χ4v) is 4.23. The quantitative estimate of drug-likeness (QED) is 0.447. The van der Waals surface area contributed by atoms with Crippen LogP contribution in [0.25, 0.3) is 0 Å². The molecule has 0 aromatic heterocycles. The number of carbonyl (C=O) groups excluding carboxylic acids is 3. The standard InChI is InChI=1S/C16H30N4O5S2/c1-5-8-26-9-6-7-17-13(21)10-18-15(23)16(2)12-20(27(4,24)25)11-14(22)19(16)3/h5-12H2,1-4H3,(H,17,21)(H,18,23). The summed E-state index contributed by atoms with van der Waals surface area (Å²) < 4.78 is 24.5. The molecule has 1 atom stereocenters. The van der Waals surface area contributed by atoms with Crippen LogP contribution in [0.1, 0.15) is 26.7 Å². The minimum atomic E-state index is -3.62. The number of nitrogens with one attached hydrogen (secondary N) is 2. The molecule has 9 nitrogen and oxygen atoms in total. The van der Waals surface area contributed by atoms with Gasteiger partial charge in [-0.1, -0.05) is 6.92 Å². The maximum absolute atomic E-state index is 12.6. The van der Waals surface area contributed by atoms with E-state index in [4.69, 9.17) is 0 Å². The van der Waals surface area contributed by atoms with Gasteiger partial charge in [-0.3, -0.25) is 14.4 Å². The van der Waals surface area contributed by atoms with Gasteiger partial charge < -0.3 is 15.5 Å². The third kappa shape index (κ3) is 6.96. The Balaban J connectivity index is 2.54. The monoisotopic (exact) mass is 422 g/mol. The molecular formula is C16H30N4O5S2. The van der Waals surface area contributed by atoms with Gasteiger partial charge in [0.15, 0.2) is 0 Å². The van der Waals surface area contributed by atoms with E-state index in [1.165, 1.54) is 18.9 Å². The lowest BCUT2D eigenvalue weighted by Crippen LogP contribution is -2.68. The summed E-state index contributed by atoms with van der Waals surface area (Å²) in [5.74, 6) is 0.697. The van der Waals surface area contributed by atoms with E-state index in [-0.39, 0.29) is 25.5 Å². The summed E-state index contributed by atoms with van der Waals surface area (Å²) in [7, 11) is -2.16. The van der Waals surface area contributed by atoms with Crippen LogP contribution in [0.2, 0.25) is 0 Å². The Bertz CT molecular complexity index is 655. The Morgan fingerprint density at radius 1 is 1.26 bits per heavy atom. The van der Waals surface area contributed by atoms with Crippen LogP contribution in [0.4, 0.5) is 0 Å². The number of carbonyl (C=O) groups is 3. The molecule has 1 aliphatic rings. The number of sulfonamides is 1. The third-order valence-electron chi connectivity index (χ3n) is 4.41. The summed E-state index contributed by atoms with van der Waals surface area (Å²) in [5.41, 5.74) is -1.38. The van der Waals surface area contributed by atoms with Crippen molar-refractivity contribution in [1.29, 1.82) is 0 Å². The molecule has 1 unspecified atom stereocenters. The van der Waals surface area contributed by atoms with Gasteiger partial charge in [0.2, 0.25) is 27.7 Å². The predicted octanol–water partition coefficient (Wildman–Crippen LogP) is -0.756. The van der Waals surface area contributed by atoms with E-state index >= 15 is 0 Å². The van der Waals surface area contributed by atoms with Gasteiger partial charge in [-0.2, -0.15) is 16.1 Å². The highest BCUT2D eigenvalue weighted by Crippen LogP contribution is 2.22.